The lowest BCUT2D eigenvalue weighted by atomic mass is 9.88. The Kier molecular flexibility index (Phi) is 5.22. The minimum absolute atomic E-state index is 0.164. The zero-order valence-electron chi connectivity index (χ0n) is 16.1. The van der Waals surface area contributed by atoms with E-state index in [9.17, 15) is 9.59 Å². The van der Waals surface area contributed by atoms with E-state index in [0.29, 0.717) is 12.0 Å². The summed E-state index contributed by atoms with van der Waals surface area (Å²) in [5.41, 5.74) is 1.10. The first-order valence-corrected chi connectivity index (χ1v) is 9.10. The first-order chi connectivity index (χ1) is 12.8. The number of esters is 1. The Hall–Kier alpha value is -2.82. The van der Waals surface area contributed by atoms with E-state index in [1.54, 1.807) is 26.2 Å². The number of hydrogen-bond acceptors (Lipinski definition) is 4. The molecule has 142 valence electrons. The fraction of sp³-hybridized carbons (Fsp3) is 0.364. The summed E-state index contributed by atoms with van der Waals surface area (Å²) in [4.78, 5) is 25.4. The van der Waals surface area contributed by atoms with Crippen molar-refractivity contribution >= 4 is 11.9 Å². The molecule has 1 N–H and O–H groups in total. The quantitative estimate of drug-likeness (QED) is 0.819. The minimum atomic E-state index is -1.23. The lowest BCUT2D eigenvalue weighted by molar-refractivity contribution is -0.141. The summed E-state index contributed by atoms with van der Waals surface area (Å²) in [6, 6.07) is 14.7. The van der Waals surface area contributed by atoms with Crippen LogP contribution in [0.25, 0.3) is 0 Å². The van der Waals surface area contributed by atoms with E-state index in [1.807, 2.05) is 50.2 Å². The Morgan fingerprint density at radius 1 is 1.15 bits per heavy atom. The molecule has 0 saturated carbocycles. The van der Waals surface area contributed by atoms with Crippen molar-refractivity contribution in [3.8, 4) is 5.75 Å². The van der Waals surface area contributed by atoms with Crippen molar-refractivity contribution < 1.29 is 19.1 Å². The van der Waals surface area contributed by atoms with Crippen LogP contribution in [0.2, 0.25) is 0 Å². The van der Waals surface area contributed by atoms with Gasteiger partial charge in [-0.2, -0.15) is 0 Å². The standard InChI is InChI=1S/C22H25NO4/c1-14(2)19(15-9-11-17(26-4)12-10-15)23-21(25)22(3)13-16-7-5-6-8-18(16)20(24)27-22/h5-12,14,19H,13H2,1-4H3,(H,23,25). The highest BCUT2D eigenvalue weighted by atomic mass is 16.6. The highest BCUT2D eigenvalue weighted by Crippen LogP contribution is 2.30. The van der Waals surface area contributed by atoms with E-state index in [1.165, 1.54) is 0 Å². The molecule has 5 heteroatoms. The van der Waals surface area contributed by atoms with Crippen molar-refractivity contribution in [2.24, 2.45) is 5.92 Å². The van der Waals surface area contributed by atoms with Gasteiger partial charge in [0.25, 0.3) is 5.91 Å². The monoisotopic (exact) mass is 367 g/mol. The van der Waals surface area contributed by atoms with Gasteiger partial charge in [-0.15, -0.1) is 0 Å². The van der Waals surface area contributed by atoms with Crippen LogP contribution in [0.5, 0.6) is 5.75 Å². The minimum Gasteiger partial charge on any atom is -0.497 e. The molecule has 0 saturated heterocycles. The molecule has 2 atom stereocenters. The van der Waals surface area contributed by atoms with Gasteiger partial charge >= 0.3 is 5.97 Å². The van der Waals surface area contributed by atoms with E-state index >= 15 is 0 Å². The number of fused-ring (bicyclic) bond motifs is 1. The highest BCUT2D eigenvalue weighted by molar-refractivity contribution is 5.97. The maximum absolute atomic E-state index is 13.1. The van der Waals surface area contributed by atoms with Gasteiger partial charge in [-0.1, -0.05) is 44.2 Å². The number of nitrogens with one attached hydrogen (secondary N) is 1. The van der Waals surface area contributed by atoms with Crippen LogP contribution in [0.4, 0.5) is 0 Å². The number of cyclic esters (lactones) is 1. The summed E-state index contributed by atoms with van der Waals surface area (Å²) < 4.78 is 10.7. The number of carbonyl (C=O) groups excluding carboxylic acids is 2. The van der Waals surface area contributed by atoms with Crippen molar-refractivity contribution in [1.29, 1.82) is 0 Å². The van der Waals surface area contributed by atoms with Gasteiger partial charge in [0.2, 0.25) is 0 Å². The van der Waals surface area contributed by atoms with E-state index in [-0.39, 0.29) is 17.9 Å². The molecular weight excluding hydrogens is 342 g/mol. The fourth-order valence-electron chi connectivity index (χ4n) is 3.40. The van der Waals surface area contributed by atoms with Crippen LogP contribution >= 0.6 is 0 Å². The first-order valence-electron chi connectivity index (χ1n) is 9.10. The molecule has 1 heterocycles. The lowest BCUT2D eigenvalue weighted by Gasteiger charge is -2.35. The van der Waals surface area contributed by atoms with Crippen LogP contribution in [0.1, 0.15) is 48.3 Å². The second-order valence-electron chi connectivity index (χ2n) is 7.42. The Morgan fingerprint density at radius 2 is 1.81 bits per heavy atom. The van der Waals surface area contributed by atoms with E-state index in [0.717, 1.165) is 16.9 Å². The number of benzene rings is 2. The summed E-state index contributed by atoms with van der Waals surface area (Å²) in [5.74, 6) is 0.176. The Balaban J connectivity index is 1.82. The molecule has 0 fully saturated rings. The van der Waals surface area contributed by atoms with Gasteiger partial charge in [0.15, 0.2) is 5.60 Å². The molecule has 1 amide bonds. The van der Waals surface area contributed by atoms with Gasteiger partial charge in [-0.3, -0.25) is 4.79 Å². The number of carbonyl (C=O) groups is 2. The van der Waals surface area contributed by atoms with Crippen LogP contribution in [0.15, 0.2) is 48.5 Å². The van der Waals surface area contributed by atoms with Crippen LogP contribution in [-0.2, 0) is 16.0 Å². The summed E-state index contributed by atoms with van der Waals surface area (Å²) in [6.07, 6.45) is 0.355. The number of ether oxygens (including phenoxy) is 2. The Morgan fingerprint density at radius 3 is 2.44 bits per heavy atom. The molecule has 1 aliphatic rings. The number of hydrogen-bond donors (Lipinski definition) is 1. The third-order valence-electron chi connectivity index (χ3n) is 4.99. The highest BCUT2D eigenvalue weighted by Gasteiger charge is 2.43. The molecule has 0 spiro atoms. The lowest BCUT2D eigenvalue weighted by Crippen LogP contribution is -2.52. The van der Waals surface area contributed by atoms with Crippen molar-refractivity contribution in [2.45, 2.75) is 38.8 Å². The SMILES string of the molecule is COc1ccc(C(NC(=O)C2(C)Cc3ccccc3C(=O)O2)C(C)C)cc1. The van der Waals surface area contributed by atoms with E-state index < -0.39 is 11.6 Å². The molecule has 2 unspecified atom stereocenters. The third kappa shape index (κ3) is 3.82. The molecule has 0 aromatic heterocycles. The van der Waals surface area contributed by atoms with Gasteiger partial charge in [0.05, 0.1) is 18.7 Å². The van der Waals surface area contributed by atoms with Crippen LogP contribution in [0, 0.1) is 5.92 Å². The van der Waals surface area contributed by atoms with Crippen LogP contribution in [0.3, 0.4) is 0 Å². The molecule has 3 rings (SSSR count). The zero-order valence-corrected chi connectivity index (χ0v) is 16.1. The molecule has 5 nitrogen and oxygen atoms in total. The van der Waals surface area contributed by atoms with Gasteiger partial charge in [0.1, 0.15) is 5.75 Å². The number of amides is 1. The topological polar surface area (TPSA) is 64.6 Å². The second kappa shape index (κ2) is 7.43. The third-order valence-corrected chi connectivity index (χ3v) is 4.99. The van der Waals surface area contributed by atoms with Gasteiger partial charge in [0, 0.05) is 6.42 Å². The molecule has 1 aliphatic heterocycles. The fourth-order valence-corrected chi connectivity index (χ4v) is 3.40. The normalized spacial score (nSPS) is 19.8. The van der Waals surface area contributed by atoms with E-state index in [4.69, 9.17) is 9.47 Å². The Labute approximate surface area is 159 Å². The van der Waals surface area contributed by atoms with Crippen molar-refractivity contribution in [3.63, 3.8) is 0 Å². The molecule has 27 heavy (non-hydrogen) atoms. The molecule has 0 bridgehead atoms. The van der Waals surface area contributed by atoms with E-state index in [2.05, 4.69) is 5.32 Å². The molecule has 2 aromatic carbocycles. The van der Waals surface area contributed by atoms with Crippen molar-refractivity contribution in [1.82, 2.24) is 5.32 Å². The van der Waals surface area contributed by atoms with Gasteiger partial charge in [-0.05, 0) is 42.2 Å². The molecule has 0 aliphatic carbocycles. The maximum atomic E-state index is 13.1. The number of rotatable bonds is 5. The average molecular weight is 367 g/mol. The van der Waals surface area contributed by atoms with Crippen molar-refractivity contribution in [3.05, 3.63) is 65.2 Å². The predicted molar refractivity (Wildman–Crippen MR) is 103 cm³/mol. The van der Waals surface area contributed by atoms with Gasteiger partial charge in [-0.25, -0.2) is 4.79 Å². The summed E-state index contributed by atoms with van der Waals surface area (Å²) in [6.45, 7) is 5.75. The Bertz CT molecular complexity index is 844. The number of methoxy groups -OCH3 is 1. The average Bonchev–Trinajstić information content (AvgIpc) is 2.65. The van der Waals surface area contributed by atoms with Crippen LogP contribution < -0.4 is 10.1 Å². The summed E-state index contributed by atoms with van der Waals surface area (Å²) >= 11 is 0. The zero-order chi connectivity index (χ0) is 19.6. The predicted octanol–water partition coefficient (Wildman–Crippen LogP) is 3.68. The first kappa shape index (κ1) is 19.0. The summed E-state index contributed by atoms with van der Waals surface area (Å²) in [5, 5.41) is 3.07. The summed E-state index contributed by atoms with van der Waals surface area (Å²) in [7, 11) is 1.62. The maximum Gasteiger partial charge on any atom is 0.339 e. The molecule has 2 aromatic rings. The molecule has 0 radical (unpaired) electrons. The second-order valence-corrected chi connectivity index (χ2v) is 7.42. The smallest absolute Gasteiger partial charge is 0.339 e. The largest absolute Gasteiger partial charge is 0.497 e. The van der Waals surface area contributed by atoms with Crippen molar-refractivity contribution in [2.75, 3.05) is 7.11 Å². The van der Waals surface area contributed by atoms with Gasteiger partial charge < -0.3 is 14.8 Å². The van der Waals surface area contributed by atoms with Crippen LogP contribution in [-0.4, -0.2) is 24.6 Å². The molecular formula is C22H25NO4.